The summed E-state index contributed by atoms with van der Waals surface area (Å²) < 4.78 is 9.39. The van der Waals surface area contributed by atoms with Gasteiger partial charge in [0.25, 0.3) is 0 Å². The second-order valence-corrected chi connectivity index (χ2v) is 2.91. The van der Waals surface area contributed by atoms with Gasteiger partial charge < -0.3 is 15.2 Å². The van der Waals surface area contributed by atoms with Gasteiger partial charge in [-0.05, 0) is 30.7 Å². The van der Waals surface area contributed by atoms with E-state index in [1.54, 1.807) is 18.2 Å². The molecule has 4 heteroatoms. The predicted octanol–water partition coefficient (Wildman–Crippen LogP) is 1.34. The third kappa shape index (κ3) is 2.47. The van der Waals surface area contributed by atoms with Gasteiger partial charge in [-0.3, -0.25) is 0 Å². The van der Waals surface area contributed by atoms with E-state index < -0.39 is 5.97 Å². The van der Waals surface area contributed by atoms with Gasteiger partial charge in [-0.15, -0.1) is 0 Å². The lowest BCUT2D eigenvalue weighted by molar-refractivity contribution is -0.0125. The molecule has 1 aromatic carbocycles. The van der Waals surface area contributed by atoms with Gasteiger partial charge in [-0.25, -0.2) is 4.79 Å². The summed E-state index contributed by atoms with van der Waals surface area (Å²) in [7, 11) is 1.46. The van der Waals surface area contributed by atoms with Crippen LogP contribution in [0.5, 0.6) is 0 Å². The Morgan fingerprint density at radius 2 is 2.21 bits per heavy atom. The number of anilines is 1. The van der Waals surface area contributed by atoms with Crippen molar-refractivity contribution in [3.05, 3.63) is 29.3 Å². The number of nitrogens with two attached hydrogens (primary N) is 1. The van der Waals surface area contributed by atoms with Crippen molar-refractivity contribution in [1.82, 2.24) is 0 Å². The summed E-state index contributed by atoms with van der Waals surface area (Å²) in [5.41, 5.74) is 7.61. The van der Waals surface area contributed by atoms with Crippen molar-refractivity contribution in [1.29, 1.82) is 0 Å². The van der Waals surface area contributed by atoms with Gasteiger partial charge in [0.05, 0.1) is 5.56 Å². The van der Waals surface area contributed by atoms with Gasteiger partial charge in [0.1, 0.15) is 0 Å². The fraction of sp³-hybridized carbons (Fsp3) is 0.300. The molecule has 14 heavy (non-hydrogen) atoms. The zero-order valence-electron chi connectivity index (χ0n) is 8.24. The summed E-state index contributed by atoms with van der Waals surface area (Å²) in [6, 6.07) is 4.99. The minimum atomic E-state index is -0.407. The van der Waals surface area contributed by atoms with Gasteiger partial charge in [-0.2, -0.15) is 0 Å². The first kappa shape index (κ1) is 10.5. The predicted molar refractivity (Wildman–Crippen MR) is 52.9 cm³/mol. The summed E-state index contributed by atoms with van der Waals surface area (Å²) in [6.07, 6.45) is 0. The van der Waals surface area contributed by atoms with Crippen molar-refractivity contribution in [2.24, 2.45) is 0 Å². The van der Waals surface area contributed by atoms with E-state index >= 15 is 0 Å². The number of benzene rings is 1. The Labute approximate surface area is 82.6 Å². The largest absolute Gasteiger partial charge is 0.435 e. The van der Waals surface area contributed by atoms with Crippen LogP contribution in [0, 0.1) is 6.92 Å². The van der Waals surface area contributed by atoms with Crippen LogP contribution >= 0.6 is 0 Å². The highest BCUT2D eigenvalue weighted by Gasteiger charge is 2.07. The van der Waals surface area contributed by atoms with E-state index in [4.69, 9.17) is 10.5 Å². The van der Waals surface area contributed by atoms with Crippen molar-refractivity contribution in [3.63, 3.8) is 0 Å². The van der Waals surface area contributed by atoms with E-state index in [2.05, 4.69) is 4.74 Å². The third-order valence-electron chi connectivity index (χ3n) is 1.81. The molecule has 0 unspecified atom stereocenters. The number of rotatable bonds is 3. The molecule has 0 aliphatic heterocycles. The lowest BCUT2D eigenvalue weighted by Gasteiger charge is -2.05. The highest BCUT2D eigenvalue weighted by molar-refractivity contribution is 5.90. The van der Waals surface area contributed by atoms with E-state index in [1.165, 1.54) is 7.11 Å². The average molecular weight is 195 g/mol. The number of nitrogen functional groups attached to an aromatic ring is 1. The van der Waals surface area contributed by atoms with Crippen LogP contribution in [0.25, 0.3) is 0 Å². The summed E-state index contributed by atoms with van der Waals surface area (Å²) in [5, 5.41) is 0. The van der Waals surface area contributed by atoms with E-state index in [0.29, 0.717) is 11.3 Å². The molecule has 0 radical (unpaired) electrons. The standard InChI is InChI=1S/C10H13NO3/c1-7-5-8(3-4-9(7)11)10(12)14-6-13-2/h3-5H,6,11H2,1-2H3. The van der Waals surface area contributed by atoms with Crippen LogP contribution < -0.4 is 5.73 Å². The normalized spacial score (nSPS) is 9.86. The SMILES string of the molecule is COCOC(=O)c1ccc(N)c(C)c1. The number of hydrogen-bond acceptors (Lipinski definition) is 4. The molecule has 2 N–H and O–H groups in total. The van der Waals surface area contributed by atoms with Crippen LogP contribution in [0.15, 0.2) is 18.2 Å². The maximum Gasteiger partial charge on any atom is 0.340 e. The Balaban J connectivity index is 2.76. The minimum absolute atomic E-state index is 0.0394. The molecule has 0 saturated heterocycles. The van der Waals surface area contributed by atoms with Crippen LogP contribution in [0.1, 0.15) is 15.9 Å². The molecule has 0 aromatic heterocycles. The van der Waals surface area contributed by atoms with Gasteiger partial charge in [-0.1, -0.05) is 0 Å². The van der Waals surface area contributed by atoms with Crippen LogP contribution in [0.4, 0.5) is 5.69 Å². The number of carbonyl (C=O) groups excluding carboxylic acids is 1. The molecule has 0 amide bonds. The maximum absolute atomic E-state index is 11.3. The summed E-state index contributed by atoms with van der Waals surface area (Å²) >= 11 is 0. The second-order valence-electron chi connectivity index (χ2n) is 2.91. The Bertz CT molecular complexity index is 336. The lowest BCUT2D eigenvalue weighted by atomic mass is 10.1. The molecule has 4 nitrogen and oxygen atoms in total. The van der Waals surface area contributed by atoms with Crippen LogP contribution in [-0.2, 0) is 9.47 Å². The zero-order valence-corrected chi connectivity index (χ0v) is 8.24. The lowest BCUT2D eigenvalue weighted by Crippen LogP contribution is -2.08. The molecule has 76 valence electrons. The fourth-order valence-electron chi connectivity index (χ4n) is 0.998. The molecule has 0 atom stereocenters. The molecule has 0 saturated carbocycles. The quantitative estimate of drug-likeness (QED) is 0.449. The fourth-order valence-corrected chi connectivity index (χ4v) is 0.998. The monoisotopic (exact) mass is 195 g/mol. The van der Waals surface area contributed by atoms with Gasteiger partial charge in [0.15, 0.2) is 6.79 Å². The number of hydrogen-bond donors (Lipinski definition) is 1. The number of esters is 1. The Morgan fingerprint density at radius 1 is 1.50 bits per heavy atom. The molecule has 1 rings (SSSR count). The second kappa shape index (κ2) is 4.62. The molecule has 0 fully saturated rings. The summed E-state index contributed by atoms with van der Waals surface area (Å²) in [4.78, 5) is 11.3. The molecular weight excluding hydrogens is 182 g/mol. The number of ether oxygens (including phenoxy) is 2. The van der Waals surface area contributed by atoms with Crippen molar-refractivity contribution in [2.75, 3.05) is 19.6 Å². The molecule has 0 aliphatic carbocycles. The van der Waals surface area contributed by atoms with Gasteiger partial charge in [0.2, 0.25) is 0 Å². The van der Waals surface area contributed by atoms with Crippen LogP contribution in [0.2, 0.25) is 0 Å². The van der Waals surface area contributed by atoms with Crippen molar-refractivity contribution in [2.45, 2.75) is 6.92 Å². The molecule has 0 aliphatic rings. The first-order valence-electron chi connectivity index (χ1n) is 4.17. The zero-order chi connectivity index (χ0) is 10.6. The van der Waals surface area contributed by atoms with Crippen LogP contribution in [-0.4, -0.2) is 19.9 Å². The third-order valence-corrected chi connectivity index (χ3v) is 1.81. The number of aryl methyl sites for hydroxylation is 1. The van der Waals surface area contributed by atoms with Crippen molar-refractivity contribution < 1.29 is 14.3 Å². The average Bonchev–Trinajstić information content (AvgIpc) is 2.18. The molecule has 0 spiro atoms. The first-order chi connectivity index (χ1) is 6.65. The van der Waals surface area contributed by atoms with E-state index in [1.807, 2.05) is 6.92 Å². The van der Waals surface area contributed by atoms with Crippen molar-refractivity contribution >= 4 is 11.7 Å². The highest BCUT2D eigenvalue weighted by atomic mass is 16.7. The molecular formula is C10H13NO3. The Hall–Kier alpha value is -1.55. The first-order valence-corrected chi connectivity index (χ1v) is 4.17. The smallest absolute Gasteiger partial charge is 0.340 e. The van der Waals surface area contributed by atoms with Crippen LogP contribution in [0.3, 0.4) is 0 Å². The van der Waals surface area contributed by atoms with Crippen molar-refractivity contribution in [3.8, 4) is 0 Å². The summed E-state index contributed by atoms with van der Waals surface area (Å²) in [6.45, 7) is 1.80. The molecule has 0 heterocycles. The van der Waals surface area contributed by atoms with Gasteiger partial charge >= 0.3 is 5.97 Å². The summed E-state index contributed by atoms with van der Waals surface area (Å²) in [5.74, 6) is -0.407. The van der Waals surface area contributed by atoms with E-state index in [0.717, 1.165) is 5.56 Å². The Kier molecular flexibility index (Phi) is 3.48. The minimum Gasteiger partial charge on any atom is -0.435 e. The van der Waals surface area contributed by atoms with Gasteiger partial charge in [0, 0.05) is 12.8 Å². The highest BCUT2D eigenvalue weighted by Crippen LogP contribution is 2.13. The molecule has 0 bridgehead atoms. The number of carbonyl (C=O) groups is 1. The topological polar surface area (TPSA) is 61.5 Å². The number of methoxy groups -OCH3 is 1. The molecule has 1 aromatic rings. The van der Waals surface area contributed by atoms with E-state index in [-0.39, 0.29) is 6.79 Å². The van der Waals surface area contributed by atoms with E-state index in [9.17, 15) is 4.79 Å². The Morgan fingerprint density at radius 3 is 2.79 bits per heavy atom. The maximum atomic E-state index is 11.3.